The molecule has 0 spiro atoms. The van der Waals surface area contributed by atoms with Crippen LogP contribution >= 0.6 is 0 Å². The van der Waals surface area contributed by atoms with Crippen LogP contribution in [0, 0.1) is 17.2 Å². The van der Waals surface area contributed by atoms with E-state index in [4.69, 9.17) is 11.0 Å². The van der Waals surface area contributed by atoms with E-state index < -0.39 is 29.3 Å². The predicted octanol–water partition coefficient (Wildman–Crippen LogP) is 1.88. The molecule has 1 aromatic rings. The molecule has 0 bridgehead atoms. The lowest BCUT2D eigenvalue weighted by atomic mass is 9.84. The zero-order valence-electron chi connectivity index (χ0n) is 14.5. The number of nitriles is 1. The van der Waals surface area contributed by atoms with Crippen LogP contribution in [0.4, 0.5) is 18.9 Å². The number of nitrogens with two attached hydrogens (primary N) is 1. The van der Waals surface area contributed by atoms with E-state index in [-0.39, 0.29) is 30.6 Å². The zero-order valence-corrected chi connectivity index (χ0v) is 14.5. The number of carbonyl (C=O) groups excluding carboxylic acids is 2. The van der Waals surface area contributed by atoms with Gasteiger partial charge >= 0.3 is 6.18 Å². The van der Waals surface area contributed by atoms with Crippen molar-refractivity contribution in [3.8, 4) is 6.07 Å². The first-order valence-corrected chi connectivity index (χ1v) is 8.68. The van der Waals surface area contributed by atoms with Crippen molar-refractivity contribution in [2.24, 2.45) is 11.7 Å². The van der Waals surface area contributed by atoms with E-state index in [0.29, 0.717) is 6.54 Å². The maximum absolute atomic E-state index is 13.2. The molecule has 2 aliphatic rings. The average molecular weight is 380 g/mol. The van der Waals surface area contributed by atoms with Gasteiger partial charge < -0.3 is 15.5 Å². The van der Waals surface area contributed by atoms with Crippen LogP contribution in [0.1, 0.15) is 30.4 Å². The summed E-state index contributed by atoms with van der Waals surface area (Å²) in [4.78, 5) is 27.4. The number of piperazine rings is 1. The summed E-state index contributed by atoms with van der Waals surface area (Å²) in [5, 5.41) is 8.92. The molecule has 1 aliphatic heterocycles. The Morgan fingerprint density at radius 3 is 2.44 bits per heavy atom. The normalized spacial score (nSPS) is 20.7. The molecular formula is C18H19F3N4O2. The third-order valence-corrected chi connectivity index (χ3v) is 5.24. The van der Waals surface area contributed by atoms with E-state index in [1.54, 1.807) is 4.90 Å². The number of hydrogen-bond donors (Lipinski definition) is 1. The number of alkyl halides is 3. The summed E-state index contributed by atoms with van der Waals surface area (Å²) in [6.07, 6.45) is -2.04. The third kappa shape index (κ3) is 3.70. The van der Waals surface area contributed by atoms with Crippen LogP contribution in [0.25, 0.3) is 0 Å². The van der Waals surface area contributed by atoms with E-state index in [1.165, 1.54) is 17.0 Å². The minimum atomic E-state index is -4.69. The molecule has 27 heavy (non-hydrogen) atoms. The molecule has 1 aliphatic carbocycles. The fraction of sp³-hybridized carbons (Fsp3) is 0.500. The summed E-state index contributed by atoms with van der Waals surface area (Å²) in [6.45, 7) is 0.543. The Kier molecular flexibility index (Phi) is 5.00. The van der Waals surface area contributed by atoms with Crippen LogP contribution in [0.5, 0.6) is 0 Å². The van der Waals surface area contributed by atoms with Gasteiger partial charge in [-0.05, 0) is 31.0 Å². The van der Waals surface area contributed by atoms with Crippen LogP contribution < -0.4 is 10.6 Å². The second-order valence-electron chi connectivity index (χ2n) is 6.86. The zero-order chi connectivity index (χ0) is 19.8. The summed E-state index contributed by atoms with van der Waals surface area (Å²) >= 11 is 0. The largest absolute Gasteiger partial charge is 0.417 e. The molecule has 2 N–H and O–H groups in total. The number of nitrogens with zero attached hydrogens (tertiary/aromatic N) is 3. The van der Waals surface area contributed by atoms with Crippen molar-refractivity contribution >= 4 is 17.5 Å². The van der Waals surface area contributed by atoms with Crippen molar-refractivity contribution in [3.63, 3.8) is 0 Å². The molecule has 1 heterocycles. The Morgan fingerprint density at radius 2 is 1.93 bits per heavy atom. The summed E-state index contributed by atoms with van der Waals surface area (Å²) in [5.41, 5.74) is 4.08. The second-order valence-corrected chi connectivity index (χ2v) is 6.86. The lowest BCUT2D eigenvalue weighted by Gasteiger charge is -2.43. The number of halogens is 3. The molecule has 1 saturated carbocycles. The summed E-state index contributed by atoms with van der Waals surface area (Å²) in [5.74, 6) is -0.765. The van der Waals surface area contributed by atoms with Gasteiger partial charge in [-0.3, -0.25) is 9.59 Å². The van der Waals surface area contributed by atoms with Gasteiger partial charge in [-0.25, -0.2) is 0 Å². The molecule has 2 fully saturated rings. The van der Waals surface area contributed by atoms with E-state index in [1.807, 2.05) is 0 Å². The number of hydrogen-bond acceptors (Lipinski definition) is 4. The predicted molar refractivity (Wildman–Crippen MR) is 90.4 cm³/mol. The third-order valence-electron chi connectivity index (χ3n) is 5.24. The van der Waals surface area contributed by atoms with Crippen LogP contribution in [0.2, 0.25) is 0 Å². The topological polar surface area (TPSA) is 90.4 Å². The minimum Gasteiger partial charge on any atom is -0.368 e. The maximum atomic E-state index is 13.2. The van der Waals surface area contributed by atoms with Crippen molar-refractivity contribution in [1.29, 1.82) is 5.26 Å². The van der Waals surface area contributed by atoms with Gasteiger partial charge in [-0.1, -0.05) is 6.42 Å². The highest BCUT2D eigenvalue weighted by atomic mass is 19.4. The van der Waals surface area contributed by atoms with Crippen LogP contribution in [0.3, 0.4) is 0 Å². The minimum absolute atomic E-state index is 0.0250. The van der Waals surface area contributed by atoms with E-state index in [2.05, 4.69) is 0 Å². The monoisotopic (exact) mass is 380 g/mol. The van der Waals surface area contributed by atoms with Gasteiger partial charge in [0.2, 0.25) is 11.8 Å². The van der Waals surface area contributed by atoms with Gasteiger partial charge in [0.25, 0.3) is 0 Å². The first-order chi connectivity index (χ1) is 12.7. The van der Waals surface area contributed by atoms with E-state index in [0.717, 1.165) is 31.4 Å². The van der Waals surface area contributed by atoms with Gasteiger partial charge in [0, 0.05) is 24.7 Å². The Hall–Kier alpha value is -2.76. The van der Waals surface area contributed by atoms with Crippen molar-refractivity contribution in [2.75, 3.05) is 24.5 Å². The van der Waals surface area contributed by atoms with Crippen LogP contribution in [-0.4, -0.2) is 42.4 Å². The van der Waals surface area contributed by atoms with Gasteiger partial charge in [-0.15, -0.1) is 0 Å². The molecule has 1 aromatic carbocycles. The van der Waals surface area contributed by atoms with Crippen molar-refractivity contribution in [3.05, 3.63) is 29.3 Å². The van der Waals surface area contributed by atoms with Gasteiger partial charge in [0.15, 0.2) is 0 Å². The molecule has 0 aromatic heterocycles. The average Bonchev–Trinajstić information content (AvgIpc) is 2.58. The highest BCUT2D eigenvalue weighted by Gasteiger charge is 2.39. The Labute approximate surface area is 154 Å². The Balaban J connectivity index is 1.87. The fourth-order valence-corrected chi connectivity index (χ4v) is 3.49. The van der Waals surface area contributed by atoms with Crippen LogP contribution in [-0.2, 0) is 15.8 Å². The maximum Gasteiger partial charge on any atom is 0.417 e. The van der Waals surface area contributed by atoms with Crippen molar-refractivity contribution in [2.45, 2.75) is 31.5 Å². The lowest BCUT2D eigenvalue weighted by molar-refractivity contribution is -0.139. The molecule has 1 saturated heterocycles. The molecule has 0 radical (unpaired) electrons. The number of anilines is 1. The quantitative estimate of drug-likeness (QED) is 0.867. The number of carbonyl (C=O) groups is 2. The second kappa shape index (κ2) is 7.10. The van der Waals surface area contributed by atoms with E-state index in [9.17, 15) is 22.8 Å². The number of benzene rings is 1. The Morgan fingerprint density at radius 1 is 1.22 bits per heavy atom. The molecular weight excluding hydrogens is 361 g/mol. The lowest BCUT2D eigenvalue weighted by Crippen LogP contribution is -2.60. The molecule has 6 nitrogen and oxygen atoms in total. The summed E-state index contributed by atoms with van der Waals surface area (Å²) in [7, 11) is 0. The summed E-state index contributed by atoms with van der Waals surface area (Å²) < 4.78 is 39.7. The summed E-state index contributed by atoms with van der Waals surface area (Å²) in [6, 6.07) is 3.92. The SMILES string of the molecule is N#Cc1ccc(N2CCN(C(=O)C3CCC3)CC2C(N)=O)cc1C(F)(F)F. The molecule has 2 amide bonds. The first kappa shape index (κ1) is 19.0. The van der Waals surface area contributed by atoms with Crippen LogP contribution in [0.15, 0.2) is 18.2 Å². The van der Waals surface area contributed by atoms with E-state index >= 15 is 0 Å². The molecule has 3 rings (SSSR count). The van der Waals surface area contributed by atoms with Crippen molar-refractivity contribution in [1.82, 2.24) is 4.90 Å². The fourth-order valence-electron chi connectivity index (χ4n) is 3.49. The highest BCUT2D eigenvalue weighted by Crippen LogP contribution is 2.35. The molecule has 1 unspecified atom stereocenters. The number of primary amides is 1. The van der Waals surface area contributed by atoms with Gasteiger partial charge in [-0.2, -0.15) is 18.4 Å². The molecule has 1 atom stereocenters. The van der Waals surface area contributed by atoms with Gasteiger partial charge in [0.1, 0.15) is 6.04 Å². The number of rotatable bonds is 3. The van der Waals surface area contributed by atoms with Crippen molar-refractivity contribution < 1.29 is 22.8 Å². The smallest absolute Gasteiger partial charge is 0.368 e. The standard InChI is InChI=1S/C18H19F3N4O2/c19-18(20,21)14-8-13(5-4-12(14)9-22)25-7-6-24(10-15(25)16(23)26)17(27)11-2-1-3-11/h4-5,8,11,15H,1-3,6-7,10H2,(H2,23,26). The highest BCUT2D eigenvalue weighted by molar-refractivity contribution is 5.86. The molecule has 144 valence electrons. The first-order valence-electron chi connectivity index (χ1n) is 8.68. The van der Waals surface area contributed by atoms with Gasteiger partial charge in [0.05, 0.1) is 23.7 Å². The Bertz CT molecular complexity index is 799. The molecule has 9 heteroatoms. The number of amides is 2.